The first kappa shape index (κ1) is 11.0. The maximum absolute atomic E-state index is 11.7. The Morgan fingerprint density at radius 1 is 1.62 bits per heavy atom. The Morgan fingerprint density at radius 2 is 2.15 bits per heavy atom. The van der Waals surface area contributed by atoms with Gasteiger partial charge in [-0.1, -0.05) is 29.8 Å². The molecule has 13 heavy (non-hydrogen) atoms. The van der Waals surface area contributed by atoms with Crippen molar-refractivity contribution >= 4 is 21.8 Å². The molecule has 0 aromatic rings. The van der Waals surface area contributed by atoms with Crippen molar-refractivity contribution in [3.8, 4) is 0 Å². The second-order valence-corrected chi connectivity index (χ2v) is 5.34. The number of amides is 1. The molecule has 76 valence electrons. The van der Waals surface area contributed by atoms with Crippen LogP contribution in [0, 0.1) is 11.3 Å². The molecule has 0 spiro atoms. The molecule has 1 amide bonds. The Labute approximate surface area is 88.8 Å². The Hall–Kier alpha value is -0.0500. The van der Waals surface area contributed by atoms with Gasteiger partial charge >= 0.3 is 0 Å². The molecule has 0 aromatic carbocycles. The summed E-state index contributed by atoms with van der Waals surface area (Å²) in [6.45, 7) is 5.19. The van der Waals surface area contributed by atoms with E-state index in [0.29, 0.717) is 5.91 Å². The summed E-state index contributed by atoms with van der Waals surface area (Å²) in [5.41, 5.74) is 0.264. The van der Waals surface area contributed by atoms with Gasteiger partial charge in [-0.15, -0.1) is 0 Å². The molecule has 0 radical (unpaired) electrons. The highest BCUT2D eigenvalue weighted by Crippen LogP contribution is 2.52. The number of halogens is 1. The lowest BCUT2D eigenvalue weighted by Crippen LogP contribution is -2.30. The highest BCUT2D eigenvalue weighted by Gasteiger charge is 2.51. The first-order valence-corrected chi connectivity index (χ1v) is 5.92. The van der Waals surface area contributed by atoms with Crippen molar-refractivity contribution in [2.75, 3.05) is 18.9 Å². The molecule has 0 heterocycles. The molecule has 1 aliphatic rings. The molecule has 1 fully saturated rings. The van der Waals surface area contributed by atoms with Gasteiger partial charge in [-0.2, -0.15) is 0 Å². The number of carbonyl (C=O) groups is 1. The van der Waals surface area contributed by atoms with Crippen LogP contribution in [-0.2, 0) is 4.79 Å². The van der Waals surface area contributed by atoms with E-state index in [4.69, 9.17) is 0 Å². The average molecular weight is 248 g/mol. The van der Waals surface area contributed by atoms with Crippen LogP contribution in [-0.4, -0.2) is 29.7 Å². The molecule has 1 aliphatic carbocycles. The van der Waals surface area contributed by atoms with Crippen LogP contribution in [0.25, 0.3) is 0 Å². The van der Waals surface area contributed by atoms with Crippen LogP contribution in [0.2, 0.25) is 0 Å². The van der Waals surface area contributed by atoms with E-state index < -0.39 is 0 Å². The van der Waals surface area contributed by atoms with E-state index in [9.17, 15) is 4.79 Å². The van der Waals surface area contributed by atoms with Gasteiger partial charge in [-0.25, -0.2) is 0 Å². The smallest absolute Gasteiger partial charge is 0.225 e. The van der Waals surface area contributed by atoms with Crippen molar-refractivity contribution < 1.29 is 4.79 Å². The van der Waals surface area contributed by atoms with Gasteiger partial charge in [-0.05, 0) is 18.3 Å². The molecule has 0 aromatic heterocycles. The summed E-state index contributed by atoms with van der Waals surface area (Å²) in [6, 6.07) is 0. The largest absolute Gasteiger partial charge is 0.345 e. The van der Waals surface area contributed by atoms with E-state index in [1.807, 2.05) is 11.9 Å². The van der Waals surface area contributed by atoms with Crippen LogP contribution >= 0.6 is 15.9 Å². The molecule has 0 saturated heterocycles. The minimum atomic E-state index is 0.264. The molecule has 0 N–H and O–H groups in total. The van der Waals surface area contributed by atoms with Crippen molar-refractivity contribution in [2.24, 2.45) is 11.3 Å². The zero-order valence-electron chi connectivity index (χ0n) is 8.64. The third kappa shape index (κ3) is 2.70. The van der Waals surface area contributed by atoms with E-state index in [1.54, 1.807) is 0 Å². The molecule has 2 nitrogen and oxygen atoms in total. The van der Waals surface area contributed by atoms with Crippen LogP contribution in [0.3, 0.4) is 0 Å². The van der Waals surface area contributed by atoms with Gasteiger partial charge in [0, 0.05) is 24.8 Å². The second kappa shape index (κ2) is 3.99. The van der Waals surface area contributed by atoms with Crippen molar-refractivity contribution in [3.63, 3.8) is 0 Å². The molecular formula is C10H18BrNO. The minimum absolute atomic E-state index is 0.264. The normalized spacial score (nSPS) is 24.2. The molecule has 1 saturated carbocycles. The summed E-state index contributed by atoms with van der Waals surface area (Å²) in [6.07, 6.45) is 2.10. The van der Waals surface area contributed by atoms with Crippen LogP contribution in [0.15, 0.2) is 0 Å². The van der Waals surface area contributed by atoms with E-state index in [1.165, 1.54) is 0 Å². The maximum Gasteiger partial charge on any atom is 0.225 e. The molecule has 1 rings (SSSR count). The lowest BCUT2D eigenvalue weighted by atomic mass is 10.1. The van der Waals surface area contributed by atoms with Gasteiger partial charge in [0.15, 0.2) is 0 Å². The number of carbonyl (C=O) groups excluding carboxylic acids is 1. The second-order valence-electron chi connectivity index (χ2n) is 4.55. The van der Waals surface area contributed by atoms with Gasteiger partial charge in [0.25, 0.3) is 0 Å². The van der Waals surface area contributed by atoms with Gasteiger partial charge in [0.1, 0.15) is 0 Å². The molecule has 0 bridgehead atoms. The first-order chi connectivity index (χ1) is 5.99. The van der Waals surface area contributed by atoms with Gasteiger partial charge in [-0.3, -0.25) is 4.79 Å². The number of rotatable bonds is 4. The minimum Gasteiger partial charge on any atom is -0.345 e. The molecular weight excluding hydrogens is 230 g/mol. The highest BCUT2D eigenvalue weighted by molar-refractivity contribution is 9.09. The van der Waals surface area contributed by atoms with E-state index >= 15 is 0 Å². The predicted octanol–water partition coefficient (Wildman–Crippen LogP) is 2.28. The third-order valence-corrected chi connectivity index (χ3v) is 3.38. The van der Waals surface area contributed by atoms with Crippen molar-refractivity contribution in [3.05, 3.63) is 0 Å². The Morgan fingerprint density at radius 3 is 2.54 bits per heavy atom. The fraction of sp³-hybridized carbons (Fsp3) is 0.900. The van der Waals surface area contributed by atoms with Crippen LogP contribution in [0.1, 0.15) is 26.7 Å². The lowest BCUT2D eigenvalue weighted by molar-refractivity contribution is -0.132. The fourth-order valence-corrected chi connectivity index (χ4v) is 1.81. The highest BCUT2D eigenvalue weighted by atomic mass is 79.9. The molecule has 0 aliphatic heterocycles. The zero-order chi connectivity index (χ0) is 10.1. The van der Waals surface area contributed by atoms with Gasteiger partial charge in [0.05, 0.1) is 0 Å². The monoisotopic (exact) mass is 247 g/mol. The van der Waals surface area contributed by atoms with Crippen molar-refractivity contribution in [1.82, 2.24) is 4.90 Å². The Bertz CT molecular complexity index is 203. The summed E-state index contributed by atoms with van der Waals surface area (Å²) in [5, 5.41) is 0.971. The molecule has 1 atom stereocenters. The van der Waals surface area contributed by atoms with Gasteiger partial charge in [0.2, 0.25) is 5.91 Å². The third-order valence-electron chi connectivity index (χ3n) is 2.81. The molecule has 3 heteroatoms. The number of hydrogen-bond acceptors (Lipinski definition) is 1. The topological polar surface area (TPSA) is 20.3 Å². The number of alkyl halides is 1. The number of nitrogens with zero attached hydrogens (tertiary/aromatic N) is 1. The maximum atomic E-state index is 11.7. The van der Waals surface area contributed by atoms with Crippen LogP contribution in [0.4, 0.5) is 0 Å². The van der Waals surface area contributed by atoms with E-state index in [-0.39, 0.29) is 11.3 Å². The Kier molecular flexibility index (Phi) is 3.38. The van der Waals surface area contributed by atoms with E-state index in [0.717, 1.165) is 24.7 Å². The summed E-state index contributed by atoms with van der Waals surface area (Å²) in [7, 11) is 1.90. The summed E-state index contributed by atoms with van der Waals surface area (Å²) < 4.78 is 0. The summed E-state index contributed by atoms with van der Waals surface area (Å²) in [5.74, 6) is 0.610. The van der Waals surface area contributed by atoms with Gasteiger partial charge < -0.3 is 4.90 Å². The standard InChI is InChI=1S/C10H18BrNO/c1-10(2)7-8(10)9(13)12(3)6-4-5-11/h8H,4-7H2,1-3H3. The SMILES string of the molecule is CN(CCCBr)C(=O)C1CC1(C)C. The van der Waals surface area contributed by atoms with Crippen LogP contribution in [0.5, 0.6) is 0 Å². The predicted molar refractivity (Wildman–Crippen MR) is 57.9 cm³/mol. The van der Waals surface area contributed by atoms with Crippen molar-refractivity contribution in [1.29, 1.82) is 0 Å². The van der Waals surface area contributed by atoms with Crippen molar-refractivity contribution in [2.45, 2.75) is 26.7 Å². The molecule has 1 unspecified atom stereocenters. The Balaban J connectivity index is 2.32. The summed E-state index contributed by atoms with van der Waals surface area (Å²) >= 11 is 3.36. The van der Waals surface area contributed by atoms with E-state index in [2.05, 4.69) is 29.8 Å². The lowest BCUT2D eigenvalue weighted by Gasteiger charge is -2.17. The summed E-state index contributed by atoms with van der Waals surface area (Å²) in [4.78, 5) is 13.6. The first-order valence-electron chi connectivity index (χ1n) is 4.80. The quantitative estimate of drug-likeness (QED) is 0.699. The zero-order valence-corrected chi connectivity index (χ0v) is 10.2. The average Bonchev–Trinajstić information content (AvgIpc) is 2.69. The van der Waals surface area contributed by atoms with Crippen LogP contribution < -0.4 is 0 Å². The fourth-order valence-electron chi connectivity index (χ4n) is 1.56. The number of hydrogen-bond donors (Lipinski definition) is 0.